The number of aliphatic hydroxyl groups excluding tert-OH is 1. The van der Waals surface area contributed by atoms with E-state index in [1.807, 2.05) is 12.1 Å². The molecule has 1 aliphatic carbocycles. The Morgan fingerprint density at radius 2 is 2.33 bits per heavy atom. The van der Waals surface area contributed by atoms with E-state index in [1.54, 1.807) is 6.07 Å². The van der Waals surface area contributed by atoms with E-state index >= 15 is 0 Å². The van der Waals surface area contributed by atoms with Crippen molar-refractivity contribution in [3.8, 4) is 6.07 Å². The highest BCUT2D eigenvalue weighted by Crippen LogP contribution is 2.37. The van der Waals surface area contributed by atoms with E-state index in [-0.39, 0.29) is 6.61 Å². The number of rotatable bonds is 1. The van der Waals surface area contributed by atoms with Gasteiger partial charge in [-0.05, 0) is 42.5 Å². The third-order valence-corrected chi connectivity index (χ3v) is 3.35. The molecule has 1 aliphatic rings. The van der Waals surface area contributed by atoms with Gasteiger partial charge in [-0.15, -0.1) is 0 Å². The summed E-state index contributed by atoms with van der Waals surface area (Å²) in [6.45, 7) is -0.113. The molecule has 0 fully saturated rings. The number of nitriles is 1. The molecule has 15 heavy (non-hydrogen) atoms. The number of fused-ring (bicyclic) bond motifs is 1. The van der Waals surface area contributed by atoms with Gasteiger partial charge in [-0.25, -0.2) is 0 Å². The molecular formula is C12H12ClNO. The molecule has 0 aromatic heterocycles. The van der Waals surface area contributed by atoms with Gasteiger partial charge in [0.15, 0.2) is 0 Å². The Morgan fingerprint density at radius 3 is 3.00 bits per heavy atom. The van der Waals surface area contributed by atoms with Crippen LogP contribution in [0.1, 0.15) is 24.0 Å². The van der Waals surface area contributed by atoms with Gasteiger partial charge in [0.25, 0.3) is 0 Å². The summed E-state index contributed by atoms with van der Waals surface area (Å²) in [4.78, 5) is 0. The minimum atomic E-state index is -0.710. The maximum atomic E-state index is 9.40. The fourth-order valence-corrected chi connectivity index (χ4v) is 2.46. The van der Waals surface area contributed by atoms with Crippen LogP contribution >= 0.6 is 11.6 Å². The van der Waals surface area contributed by atoms with Crippen LogP contribution in [-0.2, 0) is 11.8 Å². The maximum absolute atomic E-state index is 9.40. The fourth-order valence-electron chi connectivity index (χ4n) is 2.27. The minimum absolute atomic E-state index is 0.113. The number of hydrogen-bond acceptors (Lipinski definition) is 2. The highest BCUT2D eigenvalue weighted by molar-refractivity contribution is 6.30. The van der Waals surface area contributed by atoms with Crippen LogP contribution in [0.4, 0.5) is 0 Å². The van der Waals surface area contributed by atoms with E-state index in [4.69, 9.17) is 11.6 Å². The van der Waals surface area contributed by atoms with E-state index < -0.39 is 5.41 Å². The Morgan fingerprint density at radius 1 is 1.53 bits per heavy atom. The van der Waals surface area contributed by atoms with Gasteiger partial charge in [0.1, 0.15) is 5.41 Å². The van der Waals surface area contributed by atoms with Crippen molar-refractivity contribution in [1.82, 2.24) is 0 Å². The average Bonchev–Trinajstić information content (AvgIpc) is 2.27. The Hall–Kier alpha value is -1.04. The van der Waals surface area contributed by atoms with Crippen molar-refractivity contribution in [2.75, 3.05) is 6.61 Å². The van der Waals surface area contributed by atoms with Gasteiger partial charge >= 0.3 is 0 Å². The number of benzene rings is 1. The monoisotopic (exact) mass is 221 g/mol. The molecule has 0 aliphatic heterocycles. The van der Waals surface area contributed by atoms with E-state index in [0.29, 0.717) is 5.02 Å². The highest BCUT2D eigenvalue weighted by atomic mass is 35.5. The molecule has 0 radical (unpaired) electrons. The Labute approximate surface area is 94.1 Å². The summed E-state index contributed by atoms with van der Waals surface area (Å²) < 4.78 is 0. The number of nitrogens with zero attached hydrogens (tertiary/aromatic N) is 1. The first-order valence-corrected chi connectivity index (χ1v) is 5.41. The SMILES string of the molecule is N#C[C@]1(CO)CCCc2cc(Cl)ccc21. The molecule has 0 amide bonds. The number of aliphatic hydroxyl groups is 1. The first kappa shape index (κ1) is 10.5. The van der Waals surface area contributed by atoms with Gasteiger partial charge in [-0.2, -0.15) is 5.26 Å². The predicted molar refractivity (Wildman–Crippen MR) is 58.8 cm³/mol. The first-order chi connectivity index (χ1) is 7.22. The molecule has 0 saturated carbocycles. The molecule has 0 heterocycles. The van der Waals surface area contributed by atoms with Gasteiger partial charge in [-0.3, -0.25) is 0 Å². The third-order valence-electron chi connectivity index (χ3n) is 3.12. The summed E-state index contributed by atoms with van der Waals surface area (Å²) in [6.07, 6.45) is 2.61. The van der Waals surface area contributed by atoms with Crippen LogP contribution in [0.25, 0.3) is 0 Å². The van der Waals surface area contributed by atoms with Crippen LogP contribution in [0.2, 0.25) is 5.02 Å². The van der Waals surface area contributed by atoms with Crippen LogP contribution in [0.5, 0.6) is 0 Å². The number of halogens is 1. The highest BCUT2D eigenvalue weighted by Gasteiger charge is 2.36. The summed E-state index contributed by atoms with van der Waals surface area (Å²) in [5, 5.41) is 19.3. The van der Waals surface area contributed by atoms with Gasteiger partial charge in [-0.1, -0.05) is 17.7 Å². The molecule has 2 nitrogen and oxygen atoms in total. The van der Waals surface area contributed by atoms with Gasteiger partial charge in [0.05, 0.1) is 12.7 Å². The molecule has 1 atom stereocenters. The van der Waals surface area contributed by atoms with E-state index in [2.05, 4.69) is 6.07 Å². The zero-order valence-corrected chi connectivity index (χ0v) is 9.09. The second kappa shape index (κ2) is 3.84. The summed E-state index contributed by atoms with van der Waals surface area (Å²) in [5.41, 5.74) is 1.34. The maximum Gasteiger partial charge on any atom is 0.105 e. The Kier molecular flexibility index (Phi) is 2.68. The molecule has 1 aromatic rings. The topological polar surface area (TPSA) is 44.0 Å². The lowest BCUT2D eigenvalue weighted by atomic mass is 9.71. The standard InChI is InChI=1S/C12H12ClNO/c13-10-3-4-11-9(6-10)2-1-5-12(11,7-14)8-15/h3-4,6,15H,1-2,5,8H2/t12-/m0/s1. The minimum Gasteiger partial charge on any atom is -0.394 e. The molecule has 78 valence electrons. The van der Waals surface area contributed by atoms with Crippen LogP contribution in [0, 0.1) is 11.3 Å². The lowest BCUT2D eigenvalue weighted by Gasteiger charge is -2.31. The molecule has 0 bridgehead atoms. The largest absolute Gasteiger partial charge is 0.394 e. The van der Waals surface area contributed by atoms with Crippen LogP contribution < -0.4 is 0 Å². The van der Waals surface area contributed by atoms with Crippen molar-refractivity contribution < 1.29 is 5.11 Å². The van der Waals surface area contributed by atoms with Crippen molar-refractivity contribution in [1.29, 1.82) is 5.26 Å². The number of aryl methyl sites for hydroxylation is 1. The molecule has 2 rings (SSSR count). The molecular weight excluding hydrogens is 210 g/mol. The quantitative estimate of drug-likeness (QED) is 0.792. The van der Waals surface area contributed by atoms with Crippen molar-refractivity contribution in [3.05, 3.63) is 34.3 Å². The number of hydrogen-bond donors (Lipinski definition) is 1. The van der Waals surface area contributed by atoms with Gasteiger partial charge in [0.2, 0.25) is 0 Å². The summed E-state index contributed by atoms with van der Waals surface area (Å²) in [6, 6.07) is 7.81. The summed E-state index contributed by atoms with van der Waals surface area (Å²) in [5.74, 6) is 0. The van der Waals surface area contributed by atoms with Crippen molar-refractivity contribution in [2.24, 2.45) is 0 Å². The average molecular weight is 222 g/mol. The van der Waals surface area contributed by atoms with Gasteiger partial charge < -0.3 is 5.11 Å². The van der Waals surface area contributed by atoms with Crippen LogP contribution in [-0.4, -0.2) is 11.7 Å². The second-order valence-corrected chi connectivity index (χ2v) is 4.44. The van der Waals surface area contributed by atoms with Crippen LogP contribution in [0.3, 0.4) is 0 Å². The van der Waals surface area contributed by atoms with Crippen molar-refractivity contribution >= 4 is 11.6 Å². The van der Waals surface area contributed by atoms with E-state index in [0.717, 1.165) is 30.4 Å². The second-order valence-electron chi connectivity index (χ2n) is 4.01. The normalized spacial score (nSPS) is 24.3. The Bertz CT molecular complexity index is 424. The van der Waals surface area contributed by atoms with Gasteiger partial charge in [0, 0.05) is 5.02 Å². The Balaban J connectivity index is 2.57. The molecule has 3 heteroatoms. The van der Waals surface area contributed by atoms with Crippen LogP contribution in [0.15, 0.2) is 18.2 Å². The van der Waals surface area contributed by atoms with Crippen molar-refractivity contribution in [2.45, 2.75) is 24.7 Å². The third kappa shape index (κ3) is 1.62. The summed E-state index contributed by atoms with van der Waals surface area (Å²) in [7, 11) is 0. The van der Waals surface area contributed by atoms with Crippen molar-refractivity contribution in [3.63, 3.8) is 0 Å². The molecule has 1 aromatic carbocycles. The first-order valence-electron chi connectivity index (χ1n) is 5.03. The zero-order chi connectivity index (χ0) is 10.9. The summed E-state index contributed by atoms with van der Waals surface area (Å²) >= 11 is 5.91. The molecule has 1 N–H and O–H groups in total. The van der Waals surface area contributed by atoms with E-state index in [1.165, 1.54) is 0 Å². The van der Waals surface area contributed by atoms with E-state index in [9.17, 15) is 10.4 Å². The smallest absolute Gasteiger partial charge is 0.105 e. The molecule has 0 saturated heterocycles. The predicted octanol–water partition coefficient (Wildman–Crippen LogP) is 2.43. The fraction of sp³-hybridized carbons (Fsp3) is 0.417. The molecule has 0 spiro atoms. The lowest BCUT2D eigenvalue weighted by molar-refractivity contribution is 0.213. The molecule has 0 unspecified atom stereocenters. The lowest BCUT2D eigenvalue weighted by Crippen LogP contribution is -2.33. The zero-order valence-electron chi connectivity index (χ0n) is 8.33.